The zero-order valence-corrected chi connectivity index (χ0v) is 25.0. The van der Waals surface area contributed by atoms with Crippen LogP contribution >= 0.6 is 0 Å². The predicted octanol–water partition coefficient (Wildman–Crippen LogP) is 7.97. The fourth-order valence-electron chi connectivity index (χ4n) is 9.04. The molecular weight excluding hydrogens is 526 g/mol. The average molecular weight is 568 g/mol. The molecule has 4 heterocycles. The minimum atomic E-state index is 0.343. The van der Waals surface area contributed by atoms with Crippen LogP contribution in [-0.4, -0.2) is 34.8 Å². The molecule has 1 spiro atoms. The summed E-state index contributed by atoms with van der Waals surface area (Å²) in [6.07, 6.45) is 15.7. The smallest absolute Gasteiger partial charge is 0.123 e. The molecule has 3 fully saturated rings. The van der Waals surface area contributed by atoms with Crippen molar-refractivity contribution >= 4 is 11.4 Å². The molecule has 2 aliphatic carbocycles. The quantitative estimate of drug-likeness (QED) is 0.229. The van der Waals surface area contributed by atoms with Crippen LogP contribution in [0.4, 0.5) is 5.69 Å². The van der Waals surface area contributed by atoms with E-state index in [4.69, 9.17) is 9.98 Å². The van der Waals surface area contributed by atoms with Gasteiger partial charge in [0.1, 0.15) is 5.82 Å². The van der Waals surface area contributed by atoms with E-state index >= 15 is 0 Å². The second-order valence-corrected chi connectivity index (χ2v) is 13.7. The number of hydrogen-bond acceptors (Lipinski definition) is 4. The molecule has 3 aromatic carbocycles. The summed E-state index contributed by atoms with van der Waals surface area (Å²) in [6.45, 7) is 2.20. The maximum absolute atomic E-state index is 5.06. The van der Waals surface area contributed by atoms with Crippen LogP contribution in [-0.2, 0) is 18.3 Å². The van der Waals surface area contributed by atoms with Crippen LogP contribution < -0.4 is 10.6 Å². The summed E-state index contributed by atoms with van der Waals surface area (Å²) in [7, 11) is 0. The van der Waals surface area contributed by atoms with Gasteiger partial charge in [-0.3, -0.25) is 4.99 Å². The van der Waals surface area contributed by atoms with Gasteiger partial charge < -0.3 is 15.6 Å². The van der Waals surface area contributed by atoms with Gasteiger partial charge in [-0.25, -0.2) is 4.98 Å². The van der Waals surface area contributed by atoms with Crippen molar-refractivity contribution in [1.29, 1.82) is 0 Å². The van der Waals surface area contributed by atoms with Crippen LogP contribution in [0.3, 0.4) is 0 Å². The number of hydrogen-bond donors (Lipinski definition) is 3. The second kappa shape index (κ2) is 10.3. The van der Waals surface area contributed by atoms with Gasteiger partial charge in [-0.05, 0) is 127 Å². The lowest BCUT2D eigenvalue weighted by Crippen LogP contribution is -2.30. The van der Waals surface area contributed by atoms with Crippen LogP contribution in [0.5, 0.6) is 0 Å². The first kappa shape index (κ1) is 25.9. The molecule has 1 aromatic heterocycles. The van der Waals surface area contributed by atoms with Gasteiger partial charge in [0.05, 0.1) is 23.6 Å². The first-order chi connectivity index (χ1) is 21.2. The fourth-order valence-corrected chi connectivity index (χ4v) is 9.04. The van der Waals surface area contributed by atoms with Crippen molar-refractivity contribution in [2.45, 2.75) is 88.1 Å². The molecule has 43 heavy (non-hydrogen) atoms. The highest BCUT2D eigenvalue weighted by Gasteiger charge is 2.43. The summed E-state index contributed by atoms with van der Waals surface area (Å²) in [5.41, 5.74) is 15.4. The molecular formula is C38H41N5. The highest BCUT2D eigenvalue weighted by molar-refractivity contribution is 5.98. The normalized spacial score (nSPS) is 23.7. The summed E-state index contributed by atoms with van der Waals surface area (Å²) in [5.74, 6) is 1.07. The Balaban J connectivity index is 1.06. The second-order valence-electron chi connectivity index (χ2n) is 13.7. The average Bonchev–Trinajstić information content (AvgIpc) is 3.89. The number of nitrogens with one attached hydrogen (secondary N) is 3. The topological polar surface area (TPSA) is 65.1 Å². The Morgan fingerprint density at radius 2 is 1.47 bits per heavy atom. The Bertz CT molecular complexity index is 1710. The van der Waals surface area contributed by atoms with E-state index < -0.39 is 0 Å². The van der Waals surface area contributed by atoms with E-state index in [1.165, 1.54) is 103 Å². The third kappa shape index (κ3) is 4.35. The monoisotopic (exact) mass is 567 g/mol. The maximum atomic E-state index is 5.06. The molecule has 5 aliphatic rings. The molecule has 9 rings (SSSR count). The zero-order chi connectivity index (χ0) is 28.4. The minimum absolute atomic E-state index is 0.343. The molecule has 3 aliphatic heterocycles. The van der Waals surface area contributed by atoms with E-state index in [-0.39, 0.29) is 0 Å². The number of benzene rings is 3. The van der Waals surface area contributed by atoms with E-state index in [1.54, 1.807) is 11.1 Å². The first-order valence-electron chi connectivity index (χ1n) is 16.7. The van der Waals surface area contributed by atoms with Gasteiger partial charge in [0, 0.05) is 18.2 Å². The molecule has 2 saturated heterocycles. The third-order valence-corrected chi connectivity index (χ3v) is 11.2. The number of H-pyrrole nitrogens is 1. The molecule has 0 radical (unpaired) electrons. The molecule has 5 heteroatoms. The Labute approximate surface area is 254 Å². The fraction of sp³-hybridized carbons (Fsp3) is 0.421. The molecule has 0 amide bonds. The molecule has 2 unspecified atom stereocenters. The summed E-state index contributed by atoms with van der Waals surface area (Å²) in [5, 5.41) is 7.21. The van der Waals surface area contributed by atoms with Crippen molar-refractivity contribution in [3.8, 4) is 33.5 Å². The van der Waals surface area contributed by atoms with Crippen molar-refractivity contribution in [2.24, 2.45) is 4.99 Å². The zero-order valence-electron chi connectivity index (χ0n) is 25.0. The van der Waals surface area contributed by atoms with Crippen LogP contribution in [0, 0.1) is 0 Å². The largest absolute Gasteiger partial charge is 0.341 e. The summed E-state index contributed by atoms with van der Waals surface area (Å²) >= 11 is 0. The van der Waals surface area contributed by atoms with Gasteiger partial charge in [0.15, 0.2) is 0 Å². The number of nitrogens with zero attached hydrogens (tertiary/aromatic N) is 2. The van der Waals surface area contributed by atoms with Crippen molar-refractivity contribution in [1.82, 2.24) is 20.6 Å². The van der Waals surface area contributed by atoms with Crippen LogP contribution in [0.15, 0.2) is 65.8 Å². The minimum Gasteiger partial charge on any atom is -0.341 e. The molecule has 2 atom stereocenters. The Kier molecular flexibility index (Phi) is 6.19. The SMILES string of the molecule is c1cc(-c2ccc(-c3ccc4c(c3)CC(C3CCCN3)=N4)c3c2CCC32CCCC2)ccc1-c1cnc(C2CCCN2)[nH]1. The van der Waals surface area contributed by atoms with Gasteiger partial charge in [0.25, 0.3) is 0 Å². The van der Waals surface area contributed by atoms with Gasteiger partial charge in [-0.1, -0.05) is 55.3 Å². The number of aromatic nitrogens is 2. The summed E-state index contributed by atoms with van der Waals surface area (Å²) in [6, 6.07) is 22.0. The maximum Gasteiger partial charge on any atom is 0.123 e. The summed E-state index contributed by atoms with van der Waals surface area (Å²) < 4.78 is 0. The number of fused-ring (bicyclic) bond motifs is 3. The lowest BCUT2D eigenvalue weighted by atomic mass is 9.76. The van der Waals surface area contributed by atoms with E-state index in [0.29, 0.717) is 17.5 Å². The van der Waals surface area contributed by atoms with Crippen molar-refractivity contribution < 1.29 is 0 Å². The number of imidazole rings is 1. The van der Waals surface area contributed by atoms with Gasteiger partial charge in [-0.15, -0.1) is 0 Å². The van der Waals surface area contributed by atoms with E-state index in [0.717, 1.165) is 37.4 Å². The Morgan fingerprint density at radius 3 is 2.26 bits per heavy atom. The lowest BCUT2D eigenvalue weighted by Gasteiger charge is -2.28. The first-order valence-corrected chi connectivity index (χ1v) is 16.7. The van der Waals surface area contributed by atoms with E-state index in [1.807, 2.05) is 6.20 Å². The molecule has 3 N–H and O–H groups in total. The van der Waals surface area contributed by atoms with Crippen molar-refractivity contribution in [3.63, 3.8) is 0 Å². The van der Waals surface area contributed by atoms with Crippen molar-refractivity contribution in [2.75, 3.05) is 13.1 Å². The van der Waals surface area contributed by atoms with E-state index in [9.17, 15) is 0 Å². The highest BCUT2D eigenvalue weighted by Crippen LogP contribution is 2.55. The standard InChI is InChI=1S/C38H41N5/c1-2-17-38(16-1)18-15-30-28(24-7-9-25(10-8-24)35-23-41-37(43-35)33-6-4-20-40-33)12-13-29(36(30)38)26-11-14-31-27(21-26)22-34(42-31)32-5-3-19-39-32/h7-14,21,23,32-33,39-40H,1-6,15-20,22H2,(H,41,43). The van der Waals surface area contributed by atoms with Crippen LogP contribution in [0.25, 0.3) is 33.5 Å². The third-order valence-electron chi connectivity index (χ3n) is 11.2. The van der Waals surface area contributed by atoms with Gasteiger partial charge in [-0.2, -0.15) is 0 Å². The number of rotatable bonds is 5. The lowest BCUT2D eigenvalue weighted by molar-refractivity contribution is 0.440. The molecule has 4 aromatic rings. The summed E-state index contributed by atoms with van der Waals surface area (Å²) in [4.78, 5) is 13.3. The Morgan fingerprint density at radius 1 is 0.721 bits per heavy atom. The molecule has 218 valence electrons. The number of aliphatic imine (C=N–C) groups is 1. The highest BCUT2D eigenvalue weighted by atomic mass is 15.0. The predicted molar refractivity (Wildman–Crippen MR) is 175 cm³/mol. The van der Waals surface area contributed by atoms with Gasteiger partial charge >= 0.3 is 0 Å². The van der Waals surface area contributed by atoms with Crippen molar-refractivity contribution in [3.05, 3.63) is 83.3 Å². The number of aromatic amines is 1. The van der Waals surface area contributed by atoms with Crippen LogP contribution in [0.2, 0.25) is 0 Å². The molecule has 0 bridgehead atoms. The van der Waals surface area contributed by atoms with E-state index in [2.05, 4.69) is 70.2 Å². The Hall–Kier alpha value is -3.54. The van der Waals surface area contributed by atoms with Gasteiger partial charge in [0.2, 0.25) is 0 Å². The molecule has 5 nitrogen and oxygen atoms in total. The van der Waals surface area contributed by atoms with Crippen LogP contribution in [0.1, 0.15) is 86.3 Å². The molecule has 1 saturated carbocycles.